The van der Waals surface area contributed by atoms with Crippen LogP contribution in [0.2, 0.25) is 15.1 Å². The minimum Gasteiger partial charge on any atom is -0.482 e. The number of rotatable bonds is 6. The third-order valence-electron chi connectivity index (χ3n) is 5.65. The number of hydrogen-bond donors (Lipinski definition) is 1. The van der Waals surface area contributed by atoms with E-state index in [9.17, 15) is 10.1 Å². The van der Waals surface area contributed by atoms with E-state index in [2.05, 4.69) is 21.2 Å². The second-order valence-corrected chi connectivity index (χ2v) is 10.3. The van der Waals surface area contributed by atoms with Gasteiger partial charge >= 0.3 is 0 Å². The smallest absolute Gasteiger partial charge is 0.277 e. The number of halogens is 3. The van der Waals surface area contributed by atoms with Crippen LogP contribution in [0.25, 0.3) is 5.00 Å². The van der Waals surface area contributed by atoms with E-state index in [0.29, 0.717) is 5.02 Å². The van der Waals surface area contributed by atoms with Gasteiger partial charge in [0.2, 0.25) is 0 Å². The number of aryl methyl sites for hydroxylation is 2. The van der Waals surface area contributed by atoms with Gasteiger partial charge in [-0.25, -0.2) is 5.43 Å². The van der Waals surface area contributed by atoms with E-state index >= 15 is 0 Å². The fourth-order valence-electron chi connectivity index (χ4n) is 4.04. The molecule has 0 atom stereocenters. The van der Waals surface area contributed by atoms with Gasteiger partial charge in [0.1, 0.15) is 21.8 Å². The van der Waals surface area contributed by atoms with Gasteiger partial charge in [-0.1, -0.05) is 34.8 Å². The van der Waals surface area contributed by atoms with Crippen molar-refractivity contribution in [1.82, 2.24) is 9.99 Å². The van der Waals surface area contributed by atoms with E-state index in [1.165, 1.54) is 29.0 Å². The van der Waals surface area contributed by atoms with Crippen LogP contribution in [0.3, 0.4) is 0 Å². The summed E-state index contributed by atoms with van der Waals surface area (Å²) >= 11 is 19.7. The Morgan fingerprint density at radius 2 is 2.03 bits per heavy atom. The Bertz CT molecular complexity index is 1340. The monoisotopic (exact) mass is 534 g/mol. The van der Waals surface area contributed by atoms with Gasteiger partial charge in [-0.3, -0.25) is 4.79 Å². The van der Waals surface area contributed by atoms with Gasteiger partial charge in [0, 0.05) is 32.9 Å². The molecule has 3 aromatic rings. The maximum Gasteiger partial charge on any atom is 0.277 e. The highest BCUT2D eigenvalue weighted by molar-refractivity contribution is 7.15. The predicted molar refractivity (Wildman–Crippen MR) is 137 cm³/mol. The minimum absolute atomic E-state index is 0.182. The second-order valence-electron chi connectivity index (χ2n) is 7.95. The number of nitrogens with one attached hydrogen (secondary N) is 1. The van der Waals surface area contributed by atoms with Crippen molar-refractivity contribution in [3.63, 3.8) is 0 Å². The molecule has 0 unspecified atom stereocenters. The fourth-order valence-corrected chi connectivity index (χ4v) is 6.13. The summed E-state index contributed by atoms with van der Waals surface area (Å²) in [5.41, 5.74) is 7.21. The van der Waals surface area contributed by atoms with Gasteiger partial charge in [-0.15, -0.1) is 11.3 Å². The second kappa shape index (κ2) is 10.4. The number of fused-ring (bicyclic) bond motifs is 1. The molecule has 34 heavy (non-hydrogen) atoms. The lowest BCUT2D eigenvalue weighted by Gasteiger charge is -2.10. The largest absolute Gasteiger partial charge is 0.482 e. The molecule has 0 radical (unpaired) electrons. The van der Waals surface area contributed by atoms with E-state index in [4.69, 9.17) is 39.5 Å². The maximum atomic E-state index is 12.2. The molecule has 0 saturated carbocycles. The molecule has 1 amide bonds. The van der Waals surface area contributed by atoms with Crippen LogP contribution in [0.5, 0.6) is 5.75 Å². The highest BCUT2D eigenvalue weighted by Crippen LogP contribution is 2.38. The molecular weight excluding hydrogens is 515 g/mol. The van der Waals surface area contributed by atoms with Gasteiger partial charge in [0.15, 0.2) is 6.61 Å². The van der Waals surface area contributed by atoms with E-state index < -0.39 is 5.91 Å². The molecule has 2 heterocycles. The van der Waals surface area contributed by atoms with Crippen molar-refractivity contribution < 1.29 is 9.53 Å². The summed E-state index contributed by atoms with van der Waals surface area (Å²) in [4.78, 5) is 13.5. The van der Waals surface area contributed by atoms with Gasteiger partial charge in [-0.05, 0) is 57.2 Å². The van der Waals surface area contributed by atoms with Gasteiger partial charge < -0.3 is 9.30 Å². The number of thiophene rings is 1. The zero-order chi connectivity index (χ0) is 24.4. The molecule has 2 aromatic heterocycles. The maximum absolute atomic E-state index is 12.2. The zero-order valence-corrected chi connectivity index (χ0v) is 21.6. The van der Waals surface area contributed by atoms with E-state index in [1.54, 1.807) is 17.6 Å². The average molecular weight is 536 g/mol. The average Bonchev–Trinajstić information content (AvgIpc) is 3.30. The first-order valence-electron chi connectivity index (χ1n) is 10.6. The molecule has 1 N–H and O–H groups in total. The lowest BCUT2D eigenvalue weighted by Crippen LogP contribution is -2.24. The molecule has 1 aromatic carbocycles. The van der Waals surface area contributed by atoms with Crippen molar-refractivity contribution in [3.8, 4) is 16.8 Å². The van der Waals surface area contributed by atoms with Crippen LogP contribution < -0.4 is 10.2 Å². The Labute approximate surface area is 216 Å². The highest BCUT2D eigenvalue weighted by Gasteiger charge is 2.23. The topological polar surface area (TPSA) is 79.4 Å². The number of aromatic nitrogens is 1. The molecule has 0 aliphatic heterocycles. The number of nitriles is 1. The van der Waals surface area contributed by atoms with Gasteiger partial charge in [0.05, 0.1) is 16.8 Å². The van der Waals surface area contributed by atoms with Crippen LogP contribution >= 0.6 is 46.1 Å². The first kappa shape index (κ1) is 24.6. The third kappa shape index (κ3) is 4.96. The Kier molecular flexibility index (Phi) is 7.54. The van der Waals surface area contributed by atoms with Crippen LogP contribution in [0.4, 0.5) is 0 Å². The molecule has 176 valence electrons. The minimum atomic E-state index is -0.463. The quantitative estimate of drug-likeness (QED) is 0.225. The molecule has 0 spiro atoms. The summed E-state index contributed by atoms with van der Waals surface area (Å²) in [7, 11) is 0. The first-order chi connectivity index (χ1) is 16.3. The summed E-state index contributed by atoms with van der Waals surface area (Å²) in [5.74, 6) is -0.247. The number of ether oxygens (including phenoxy) is 1. The third-order valence-corrected chi connectivity index (χ3v) is 7.93. The molecule has 4 rings (SSSR count). The Morgan fingerprint density at radius 3 is 2.79 bits per heavy atom. The van der Waals surface area contributed by atoms with Crippen LogP contribution in [0.15, 0.2) is 23.3 Å². The van der Waals surface area contributed by atoms with Gasteiger partial charge in [0.25, 0.3) is 5.91 Å². The lowest BCUT2D eigenvalue weighted by atomic mass is 9.96. The highest BCUT2D eigenvalue weighted by atomic mass is 35.5. The van der Waals surface area contributed by atoms with Crippen molar-refractivity contribution in [2.75, 3.05) is 6.61 Å². The normalized spacial score (nSPS) is 13.1. The predicted octanol–water partition coefficient (Wildman–Crippen LogP) is 6.40. The fraction of sp³-hybridized carbons (Fsp3) is 0.292. The Hall–Kier alpha value is -2.50. The molecule has 1 aliphatic carbocycles. The van der Waals surface area contributed by atoms with E-state index in [0.717, 1.165) is 46.8 Å². The Balaban J connectivity index is 1.46. The summed E-state index contributed by atoms with van der Waals surface area (Å²) in [6, 6.07) is 7.38. The summed E-state index contributed by atoms with van der Waals surface area (Å²) in [6.45, 7) is 3.67. The SMILES string of the molecule is Cc1cc(/C=N/NC(=O)COc2cc(Cl)cc(Cl)c2Cl)c(C)n1-c1sc2c(c1C#N)CCCC2. The molecule has 0 fully saturated rings. The van der Waals surface area contributed by atoms with Crippen molar-refractivity contribution in [3.05, 3.63) is 66.2 Å². The number of nitrogens with zero attached hydrogens (tertiary/aromatic N) is 3. The van der Waals surface area contributed by atoms with E-state index in [-0.39, 0.29) is 22.4 Å². The summed E-state index contributed by atoms with van der Waals surface area (Å²) < 4.78 is 7.51. The van der Waals surface area contributed by atoms with Crippen LogP contribution in [-0.4, -0.2) is 23.3 Å². The number of hydrogen-bond acceptors (Lipinski definition) is 5. The van der Waals surface area contributed by atoms with Crippen LogP contribution in [0.1, 0.15) is 45.8 Å². The molecule has 0 saturated heterocycles. The zero-order valence-electron chi connectivity index (χ0n) is 18.5. The number of amides is 1. The lowest BCUT2D eigenvalue weighted by molar-refractivity contribution is -0.123. The van der Waals surface area contributed by atoms with E-state index in [1.807, 2.05) is 19.9 Å². The number of carbonyl (C=O) groups is 1. The van der Waals surface area contributed by atoms with Crippen molar-refractivity contribution in [2.45, 2.75) is 39.5 Å². The van der Waals surface area contributed by atoms with Crippen molar-refractivity contribution >= 4 is 58.3 Å². The number of benzene rings is 1. The molecule has 1 aliphatic rings. The molecule has 6 nitrogen and oxygen atoms in total. The number of hydrazone groups is 1. The number of carbonyl (C=O) groups excluding carboxylic acids is 1. The summed E-state index contributed by atoms with van der Waals surface area (Å²) in [5, 5.41) is 15.6. The van der Waals surface area contributed by atoms with Crippen molar-refractivity contribution in [2.24, 2.45) is 5.10 Å². The molecule has 0 bridgehead atoms. The molecule has 10 heteroatoms. The van der Waals surface area contributed by atoms with Crippen LogP contribution in [0, 0.1) is 25.2 Å². The molecular formula is C24H21Cl3N4O2S. The Morgan fingerprint density at radius 1 is 1.26 bits per heavy atom. The van der Waals surface area contributed by atoms with Gasteiger partial charge in [-0.2, -0.15) is 10.4 Å². The van der Waals surface area contributed by atoms with Crippen molar-refractivity contribution in [1.29, 1.82) is 5.26 Å². The van der Waals surface area contributed by atoms with Crippen LogP contribution in [-0.2, 0) is 17.6 Å². The standard InChI is InChI=1S/C24H21Cl3N4O2S/c1-13-7-15(11-29-30-22(32)12-33-20-9-16(25)8-19(26)23(20)27)14(2)31(13)24-18(10-28)17-5-3-4-6-21(17)34-24/h7-9,11H,3-6,12H2,1-2H3,(H,30,32)/b29-11+. The first-order valence-corrected chi connectivity index (χ1v) is 12.6. The summed E-state index contributed by atoms with van der Waals surface area (Å²) in [6.07, 6.45) is 5.87.